The van der Waals surface area contributed by atoms with Crippen LogP contribution in [0.25, 0.3) is 0 Å². The summed E-state index contributed by atoms with van der Waals surface area (Å²) in [6.07, 6.45) is 1.33. The minimum atomic E-state index is -0.856. The Morgan fingerprint density at radius 3 is 2.11 bits per heavy atom. The van der Waals surface area contributed by atoms with Crippen LogP contribution in [0.4, 0.5) is 0 Å². The van der Waals surface area contributed by atoms with Crippen molar-refractivity contribution in [2.24, 2.45) is 5.92 Å². The normalized spacial score (nSPS) is 26.3. The van der Waals surface area contributed by atoms with Gasteiger partial charge in [-0.15, -0.1) is 10.2 Å². The Kier molecular flexibility index (Phi) is 8.97. The van der Waals surface area contributed by atoms with Crippen molar-refractivity contribution in [3.8, 4) is 0 Å². The molecule has 2 heterocycles. The predicted octanol–water partition coefficient (Wildman–Crippen LogP) is 1.95. The summed E-state index contributed by atoms with van der Waals surface area (Å²) < 4.78 is 5.84. The molecule has 35 heavy (non-hydrogen) atoms. The summed E-state index contributed by atoms with van der Waals surface area (Å²) in [5.41, 5.74) is 0.895. The SMILES string of the molecule is CCC1N[C@@H](C)C(=O)N[C@@H](CC(C)C)C(=O)N[C@@H](Cc2ccccc2)C(=O)N[C@@H](C)c2nnc1o2. The van der Waals surface area contributed by atoms with Crippen molar-refractivity contribution in [2.45, 2.75) is 84.1 Å². The van der Waals surface area contributed by atoms with Crippen LogP contribution < -0.4 is 21.3 Å². The van der Waals surface area contributed by atoms with Crippen LogP contribution in [0.2, 0.25) is 0 Å². The zero-order valence-corrected chi connectivity index (χ0v) is 21.0. The lowest BCUT2D eigenvalue weighted by Gasteiger charge is -2.26. The van der Waals surface area contributed by atoms with E-state index in [1.54, 1.807) is 13.8 Å². The summed E-state index contributed by atoms with van der Waals surface area (Å²) in [6, 6.07) is 6.28. The fraction of sp³-hybridized carbons (Fsp3) is 0.560. The first kappa shape index (κ1) is 26.3. The monoisotopic (exact) mass is 484 g/mol. The van der Waals surface area contributed by atoms with Gasteiger partial charge in [0.15, 0.2) is 0 Å². The van der Waals surface area contributed by atoms with Crippen LogP contribution in [0.15, 0.2) is 34.7 Å². The highest BCUT2D eigenvalue weighted by Crippen LogP contribution is 2.20. The standard InChI is InChI=1S/C25H36N6O4/c1-6-18-25-31-30-24(35-25)16(5)27-22(33)20(13-17-10-8-7-9-11-17)29-23(34)19(12-14(2)3)28-21(32)15(4)26-18/h7-11,14-16,18-20,26H,6,12-13H2,1-5H3,(H,27,33)(H,28,32)(H,29,34)/t15-,16-,18?,19-,20-/m0/s1. The molecule has 10 heteroatoms. The summed E-state index contributed by atoms with van der Waals surface area (Å²) in [5, 5.41) is 20.0. The summed E-state index contributed by atoms with van der Waals surface area (Å²) in [4.78, 5) is 39.6. The van der Waals surface area contributed by atoms with E-state index in [0.717, 1.165) is 5.56 Å². The molecule has 1 unspecified atom stereocenters. The van der Waals surface area contributed by atoms with Crippen molar-refractivity contribution in [3.05, 3.63) is 47.7 Å². The highest BCUT2D eigenvalue weighted by molar-refractivity contribution is 5.93. The van der Waals surface area contributed by atoms with Gasteiger partial charge < -0.3 is 20.4 Å². The van der Waals surface area contributed by atoms with Crippen LogP contribution in [-0.2, 0) is 20.8 Å². The maximum Gasteiger partial charge on any atom is 0.243 e. The Morgan fingerprint density at radius 2 is 1.46 bits per heavy atom. The zero-order valence-electron chi connectivity index (χ0n) is 21.0. The Bertz CT molecular complexity index is 1010. The van der Waals surface area contributed by atoms with Gasteiger partial charge in [-0.2, -0.15) is 0 Å². The molecule has 190 valence electrons. The van der Waals surface area contributed by atoms with Gasteiger partial charge in [-0.05, 0) is 38.2 Å². The lowest BCUT2D eigenvalue weighted by Crippen LogP contribution is -2.56. The van der Waals surface area contributed by atoms with E-state index in [4.69, 9.17) is 4.42 Å². The van der Waals surface area contributed by atoms with Gasteiger partial charge in [0.2, 0.25) is 29.5 Å². The van der Waals surface area contributed by atoms with E-state index >= 15 is 0 Å². The van der Waals surface area contributed by atoms with E-state index in [0.29, 0.717) is 25.2 Å². The molecule has 0 saturated heterocycles. The second-order valence-corrected chi connectivity index (χ2v) is 9.50. The van der Waals surface area contributed by atoms with Gasteiger partial charge in [-0.1, -0.05) is 51.1 Å². The van der Waals surface area contributed by atoms with Crippen molar-refractivity contribution < 1.29 is 18.8 Å². The van der Waals surface area contributed by atoms with Crippen molar-refractivity contribution >= 4 is 17.7 Å². The molecular weight excluding hydrogens is 448 g/mol. The zero-order chi connectivity index (χ0) is 25.5. The summed E-state index contributed by atoms with van der Waals surface area (Å²) in [7, 11) is 0. The second kappa shape index (κ2) is 11.9. The number of aromatic nitrogens is 2. The molecule has 2 aromatic rings. The first-order chi connectivity index (χ1) is 16.7. The summed E-state index contributed by atoms with van der Waals surface area (Å²) in [6.45, 7) is 9.37. The second-order valence-electron chi connectivity index (χ2n) is 9.50. The van der Waals surface area contributed by atoms with Crippen LogP contribution >= 0.6 is 0 Å². The largest absolute Gasteiger partial charge is 0.421 e. The van der Waals surface area contributed by atoms with Crippen molar-refractivity contribution in [1.29, 1.82) is 0 Å². The number of carbonyl (C=O) groups is 3. The molecule has 1 aliphatic rings. The molecule has 3 amide bonds. The smallest absolute Gasteiger partial charge is 0.243 e. The quantitative estimate of drug-likeness (QED) is 0.509. The van der Waals surface area contributed by atoms with Gasteiger partial charge in [-0.25, -0.2) is 0 Å². The molecule has 1 aromatic heterocycles. The lowest BCUT2D eigenvalue weighted by atomic mass is 10.0. The minimum absolute atomic E-state index is 0.151. The molecule has 4 N–H and O–H groups in total. The van der Waals surface area contributed by atoms with E-state index < -0.39 is 30.1 Å². The van der Waals surface area contributed by atoms with Gasteiger partial charge >= 0.3 is 0 Å². The number of hydrogen-bond acceptors (Lipinski definition) is 7. The van der Waals surface area contributed by atoms with Gasteiger partial charge in [0.05, 0.1) is 12.1 Å². The average molecular weight is 485 g/mol. The number of fused-ring (bicyclic) bond motifs is 2. The molecule has 10 nitrogen and oxygen atoms in total. The van der Waals surface area contributed by atoms with Crippen molar-refractivity contribution in [1.82, 2.24) is 31.5 Å². The maximum atomic E-state index is 13.3. The highest BCUT2D eigenvalue weighted by atomic mass is 16.4. The average Bonchev–Trinajstić information content (AvgIpc) is 3.31. The van der Waals surface area contributed by atoms with E-state index in [1.807, 2.05) is 51.1 Å². The first-order valence-electron chi connectivity index (χ1n) is 12.2. The summed E-state index contributed by atoms with van der Waals surface area (Å²) in [5.74, 6) is -0.356. The molecule has 1 aromatic carbocycles. The van der Waals surface area contributed by atoms with E-state index in [1.165, 1.54) is 0 Å². The number of rotatable bonds is 5. The third-order valence-corrected chi connectivity index (χ3v) is 5.99. The maximum absolute atomic E-state index is 13.3. The molecule has 0 saturated carbocycles. The molecule has 0 fully saturated rings. The molecule has 2 bridgehead atoms. The highest BCUT2D eigenvalue weighted by Gasteiger charge is 2.32. The predicted molar refractivity (Wildman–Crippen MR) is 130 cm³/mol. The van der Waals surface area contributed by atoms with Crippen LogP contribution in [0.5, 0.6) is 0 Å². The fourth-order valence-corrected chi connectivity index (χ4v) is 4.01. The van der Waals surface area contributed by atoms with Gasteiger partial charge in [0.25, 0.3) is 0 Å². The van der Waals surface area contributed by atoms with Crippen LogP contribution in [0.1, 0.15) is 76.9 Å². The van der Waals surface area contributed by atoms with Crippen LogP contribution in [0, 0.1) is 5.92 Å². The lowest BCUT2D eigenvalue weighted by molar-refractivity contribution is -0.133. The number of carbonyl (C=O) groups excluding carboxylic acids is 3. The molecule has 1 aliphatic heterocycles. The molecule has 3 rings (SSSR count). The number of hydrogen-bond donors (Lipinski definition) is 4. The van der Waals surface area contributed by atoms with Crippen LogP contribution in [-0.4, -0.2) is 46.0 Å². The number of benzene rings is 1. The topological polar surface area (TPSA) is 138 Å². The number of nitrogens with zero attached hydrogens (tertiary/aromatic N) is 2. The first-order valence-corrected chi connectivity index (χ1v) is 12.2. The van der Waals surface area contributed by atoms with Crippen molar-refractivity contribution in [2.75, 3.05) is 0 Å². The third-order valence-electron chi connectivity index (χ3n) is 5.99. The molecule has 0 spiro atoms. The Balaban J connectivity index is 1.95. The van der Waals surface area contributed by atoms with E-state index in [-0.39, 0.29) is 29.7 Å². The third kappa shape index (κ3) is 7.11. The Hall–Kier alpha value is -3.27. The minimum Gasteiger partial charge on any atom is -0.421 e. The van der Waals surface area contributed by atoms with Crippen LogP contribution in [0.3, 0.4) is 0 Å². The fourth-order valence-electron chi connectivity index (χ4n) is 4.01. The Labute approximate surface area is 206 Å². The number of amides is 3. The summed E-state index contributed by atoms with van der Waals surface area (Å²) >= 11 is 0. The molecular formula is C25H36N6O4. The molecule has 0 radical (unpaired) electrons. The molecule has 5 atom stereocenters. The van der Waals surface area contributed by atoms with E-state index in [2.05, 4.69) is 31.5 Å². The van der Waals surface area contributed by atoms with Gasteiger partial charge in [0.1, 0.15) is 18.1 Å². The van der Waals surface area contributed by atoms with E-state index in [9.17, 15) is 14.4 Å². The number of nitrogens with one attached hydrogen (secondary N) is 4. The van der Waals surface area contributed by atoms with Gasteiger partial charge in [0, 0.05) is 6.42 Å². The van der Waals surface area contributed by atoms with Gasteiger partial charge in [-0.3, -0.25) is 19.7 Å². The Morgan fingerprint density at radius 1 is 0.829 bits per heavy atom. The molecule has 0 aliphatic carbocycles. The van der Waals surface area contributed by atoms with Crippen molar-refractivity contribution in [3.63, 3.8) is 0 Å².